The van der Waals surface area contributed by atoms with Crippen molar-refractivity contribution < 1.29 is 4.79 Å². The van der Waals surface area contributed by atoms with Crippen molar-refractivity contribution in [2.75, 3.05) is 0 Å². The van der Waals surface area contributed by atoms with Crippen molar-refractivity contribution in [2.45, 2.75) is 51.2 Å². The third kappa shape index (κ3) is 5.05. The molecule has 1 aliphatic rings. The molecule has 0 aliphatic heterocycles. The second-order valence-electron chi connectivity index (χ2n) is 7.83. The normalized spacial score (nSPS) is 14.6. The highest BCUT2D eigenvalue weighted by Crippen LogP contribution is 2.26. The Labute approximate surface area is 187 Å². The Morgan fingerprint density at radius 3 is 2.53 bits per heavy atom. The van der Waals surface area contributed by atoms with E-state index in [-0.39, 0.29) is 11.9 Å². The fourth-order valence-corrected chi connectivity index (χ4v) is 4.48. The van der Waals surface area contributed by atoms with Crippen LogP contribution in [0.4, 0.5) is 0 Å². The Kier molecular flexibility index (Phi) is 6.76. The maximum Gasteiger partial charge on any atom is 0.254 e. The Bertz CT molecular complexity index is 994. The van der Waals surface area contributed by atoms with Crippen molar-refractivity contribution in [1.29, 1.82) is 0 Å². The summed E-state index contributed by atoms with van der Waals surface area (Å²) in [5.41, 5.74) is 1.77. The minimum Gasteiger partial charge on any atom is -0.329 e. The van der Waals surface area contributed by atoms with Crippen LogP contribution in [0.25, 0.3) is 0 Å². The molecule has 1 aromatic heterocycles. The maximum atomic E-state index is 13.4. The average Bonchev–Trinajstić information content (AvgIpc) is 3.19. The number of carbonyl (C=O) groups excluding carboxylic acids is 1. The third-order valence-electron chi connectivity index (χ3n) is 5.72. The fraction of sp³-hybridized carbons (Fsp3) is 0.333. The van der Waals surface area contributed by atoms with E-state index in [0.717, 1.165) is 42.1 Å². The first kappa shape index (κ1) is 21.0. The van der Waals surface area contributed by atoms with Crippen molar-refractivity contribution in [1.82, 2.24) is 14.5 Å². The van der Waals surface area contributed by atoms with Gasteiger partial charge in [0.05, 0.1) is 6.54 Å². The minimum absolute atomic E-state index is 0.0378. The summed E-state index contributed by atoms with van der Waals surface area (Å²) in [6, 6.07) is 15.2. The second-order valence-corrected chi connectivity index (χ2v) is 8.71. The largest absolute Gasteiger partial charge is 0.329 e. The van der Waals surface area contributed by atoms with Crippen LogP contribution in [0.15, 0.2) is 60.9 Å². The highest BCUT2D eigenvalue weighted by atomic mass is 35.5. The SMILES string of the molecule is O=C(c1ccc(Cl)cc1)N(Cc1nccn1Cc1cccc(Cl)c1)C1CCCCC1. The topological polar surface area (TPSA) is 38.1 Å². The number of carbonyl (C=O) groups is 1. The number of rotatable bonds is 6. The summed E-state index contributed by atoms with van der Waals surface area (Å²) in [5, 5.41) is 1.35. The second kappa shape index (κ2) is 9.67. The molecule has 0 N–H and O–H groups in total. The predicted molar refractivity (Wildman–Crippen MR) is 121 cm³/mol. The summed E-state index contributed by atoms with van der Waals surface area (Å²) < 4.78 is 2.09. The van der Waals surface area contributed by atoms with Gasteiger partial charge in [-0.2, -0.15) is 0 Å². The molecule has 3 aromatic rings. The van der Waals surface area contributed by atoms with Crippen molar-refractivity contribution >= 4 is 29.1 Å². The zero-order valence-corrected chi connectivity index (χ0v) is 18.3. The van der Waals surface area contributed by atoms with E-state index in [9.17, 15) is 4.79 Å². The first-order chi connectivity index (χ1) is 14.6. The molecule has 1 saturated carbocycles. The van der Waals surface area contributed by atoms with E-state index in [0.29, 0.717) is 23.7 Å². The van der Waals surface area contributed by atoms with Crippen LogP contribution in [0.5, 0.6) is 0 Å². The summed E-state index contributed by atoms with van der Waals surface area (Å²) in [7, 11) is 0. The molecular weight excluding hydrogens is 417 g/mol. The monoisotopic (exact) mass is 441 g/mol. The highest BCUT2D eigenvalue weighted by molar-refractivity contribution is 6.30. The van der Waals surface area contributed by atoms with E-state index < -0.39 is 0 Å². The molecule has 1 fully saturated rings. The lowest BCUT2D eigenvalue weighted by atomic mass is 9.93. The van der Waals surface area contributed by atoms with Gasteiger partial charge in [-0.25, -0.2) is 4.98 Å². The maximum absolute atomic E-state index is 13.4. The van der Waals surface area contributed by atoms with Gasteiger partial charge < -0.3 is 9.47 Å². The van der Waals surface area contributed by atoms with Crippen LogP contribution in [0, 0.1) is 0 Å². The molecule has 0 bridgehead atoms. The molecule has 4 nitrogen and oxygen atoms in total. The number of hydrogen-bond acceptors (Lipinski definition) is 2. The molecule has 1 heterocycles. The fourth-order valence-electron chi connectivity index (χ4n) is 4.14. The van der Waals surface area contributed by atoms with E-state index in [1.165, 1.54) is 6.42 Å². The third-order valence-corrected chi connectivity index (χ3v) is 6.21. The average molecular weight is 442 g/mol. The highest BCUT2D eigenvalue weighted by Gasteiger charge is 2.27. The van der Waals surface area contributed by atoms with Crippen LogP contribution < -0.4 is 0 Å². The lowest BCUT2D eigenvalue weighted by Gasteiger charge is -2.34. The number of aromatic nitrogens is 2. The van der Waals surface area contributed by atoms with Gasteiger partial charge in [0, 0.05) is 40.6 Å². The van der Waals surface area contributed by atoms with Gasteiger partial charge in [0.1, 0.15) is 5.82 Å². The molecule has 6 heteroatoms. The quantitative estimate of drug-likeness (QED) is 0.455. The van der Waals surface area contributed by atoms with Crippen LogP contribution >= 0.6 is 23.2 Å². The van der Waals surface area contributed by atoms with Gasteiger partial charge in [0.15, 0.2) is 0 Å². The molecule has 0 atom stereocenters. The standard InChI is InChI=1S/C24H25Cl2N3O/c25-20-11-9-19(10-12-20)24(30)29(22-7-2-1-3-8-22)17-23-27-13-14-28(23)16-18-5-4-6-21(26)15-18/h4-6,9-15,22H,1-3,7-8,16-17H2. The van der Waals surface area contributed by atoms with Gasteiger partial charge in [-0.3, -0.25) is 4.79 Å². The Morgan fingerprint density at radius 1 is 1.03 bits per heavy atom. The van der Waals surface area contributed by atoms with E-state index in [2.05, 4.69) is 9.55 Å². The van der Waals surface area contributed by atoms with E-state index in [4.69, 9.17) is 23.2 Å². The Morgan fingerprint density at radius 2 is 1.80 bits per heavy atom. The molecule has 1 amide bonds. The van der Waals surface area contributed by atoms with Crippen LogP contribution in [0.1, 0.15) is 53.8 Å². The van der Waals surface area contributed by atoms with Crippen LogP contribution in [-0.4, -0.2) is 26.4 Å². The number of imidazole rings is 1. The summed E-state index contributed by atoms with van der Waals surface area (Å²) in [6.45, 7) is 1.16. The molecule has 0 saturated heterocycles. The predicted octanol–water partition coefficient (Wildman–Crippen LogP) is 6.21. The lowest BCUT2D eigenvalue weighted by Crippen LogP contribution is -2.41. The molecule has 1 aliphatic carbocycles. The molecule has 0 unspecified atom stereocenters. The first-order valence-corrected chi connectivity index (χ1v) is 11.2. The molecule has 2 aromatic carbocycles. The number of amides is 1. The van der Waals surface area contributed by atoms with Gasteiger partial charge in [-0.15, -0.1) is 0 Å². The number of halogens is 2. The number of nitrogens with zero attached hydrogens (tertiary/aromatic N) is 3. The van der Waals surface area contributed by atoms with Crippen molar-refractivity contribution in [3.8, 4) is 0 Å². The molecular formula is C24H25Cl2N3O. The molecule has 156 valence electrons. The Hall–Kier alpha value is -2.30. The molecule has 4 rings (SSSR count). The van der Waals surface area contributed by atoms with Crippen molar-refractivity contribution in [3.05, 3.63) is 87.9 Å². The Balaban J connectivity index is 1.58. The molecule has 0 spiro atoms. The van der Waals surface area contributed by atoms with Crippen molar-refractivity contribution in [3.63, 3.8) is 0 Å². The van der Waals surface area contributed by atoms with Crippen LogP contribution in [0.3, 0.4) is 0 Å². The summed E-state index contributed by atoms with van der Waals surface area (Å²) in [5.74, 6) is 0.915. The summed E-state index contributed by atoms with van der Waals surface area (Å²) >= 11 is 12.2. The van der Waals surface area contributed by atoms with Gasteiger partial charge in [-0.05, 0) is 54.8 Å². The van der Waals surface area contributed by atoms with Gasteiger partial charge in [0.2, 0.25) is 0 Å². The van der Waals surface area contributed by atoms with Crippen molar-refractivity contribution in [2.24, 2.45) is 0 Å². The van der Waals surface area contributed by atoms with Gasteiger partial charge >= 0.3 is 0 Å². The van der Waals surface area contributed by atoms with E-state index >= 15 is 0 Å². The van der Waals surface area contributed by atoms with E-state index in [1.807, 2.05) is 35.4 Å². The number of hydrogen-bond donors (Lipinski definition) is 0. The molecule has 30 heavy (non-hydrogen) atoms. The summed E-state index contributed by atoms with van der Waals surface area (Å²) in [6.07, 6.45) is 9.39. The van der Waals surface area contributed by atoms with Crippen LogP contribution in [-0.2, 0) is 13.1 Å². The van der Waals surface area contributed by atoms with Crippen LogP contribution in [0.2, 0.25) is 10.0 Å². The zero-order chi connectivity index (χ0) is 20.9. The smallest absolute Gasteiger partial charge is 0.254 e. The first-order valence-electron chi connectivity index (χ1n) is 10.4. The van der Waals surface area contributed by atoms with Gasteiger partial charge in [-0.1, -0.05) is 54.6 Å². The van der Waals surface area contributed by atoms with E-state index in [1.54, 1.807) is 30.5 Å². The number of benzene rings is 2. The summed E-state index contributed by atoms with van der Waals surface area (Å²) in [4.78, 5) is 20.0. The van der Waals surface area contributed by atoms with Gasteiger partial charge in [0.25, 0.3) is 5.91 Å². The lowest BCUT2D eigenvalue weighted by molar-refractivity contribution is 0.0605. The zero-order valence-electron chi connectivity index (χ0n) is 16.8. The molecule has 0 radical (unpaired) electrons. The minimum atomic E-state index is 0.0378.